The number of aliphatic hydroxyl groups is 1. The number of unbranched alkanes of at least 4 members (excludes halogenated alkanes) is 1. The van der Waals surface area contributed by atoms with E-state index < -0.39 is 21.8 Å². The summed E-state index contributed by atoms with van der Waals surface area (Å²) in [7, 11) is -3.80. The van der Waals surface area contributed by atoms with Gasteiger partial charge in [-0.25, -0.2) is 13.1 Å². The Morgan fingerprint density at radius 1 is 1.11 bits per heavy atom. The minimum absolute atomic E-state index is 0.0397. The van der Waals surface area contributed by atoms with Crippen LogP contribution in [0.3, 0.4) is 0 Å². The van der Waals surface area contributed by atoms with Gasteiger partial charge < -0.3 is 5.11 Å². The van der Waals surface area contributed by atoms with Gasteiger partial charge in [0, 0.05) is 13.2 Å². The number of rotatable bonds is 6. The average molecular weight is 297 g/mol. The number of benzene rings is 1. The summed E-state index contributed by atoms with van der Waals surface area (Å²) in [4.78, 5) is -0.218. The second-order valence-corrected chi connectivity index (χ2v) is 5.62. The molecule has 108 valence electrons. The minimum atomic E-state index is -4.49. The molecule has 4 nitrogen and oxygen atoms in total. The summed E-state index contributed by atoms with van der Waals surface area (Å²) in [5, 5.41) is 8.54. The van der Waals surface area contributed by atoms with Crippen LogP contribution in [-0.2, 0) is 16.2 Å². The van der Waals surface area contributed by atoms with E-state index >= 15 is 0 Å². The second-order valence-electron chi connectivity index (χ2n) is 3.85. The standard InChI is InChI=1S/C11H14F3NO3S/c12-11(13,14)9-3-5-10(6-4-9)19(17,18)15-7-1-2-8-16/h3-6,15-16H,1-2,7-8H2. The van der Waals surface area contributed by atoms with E-state index in [-0.39, 0.29) is 18.0 Å². The second kappa shape index (κ2) is 6.36. The zero-order valence-corrected chi connectivity index (χ0v) is 10.8. The Morgan fingerprint density at radius 2 is 1.68 bits per heavy atom. The Bertz CT molecular complexity index is 497. The van der Waals surface area contributed by atoms with Crippen LogP contribution in [0.1, 0.15) is 18.4 Å². The van der Waals surface area contributed by atoms with Crippen LogP contribution in [0.15, 0.2) is 29.2 Å². The molecule has 0 radical (unpaired) electrons. The number of aliphatic hydroxyl groups excluding tert-OH is 1. The largest absolute Gasteiger partial charge is 0.416 e. The van der Waals surface area contributed by atoms with Crippen molar-refractivity contribution in [3.8, 4) is 0 Å². The molecule has 0 aliphatic rings. The van der Waals surface area contributed by atoms with Gasteiger partial charge in [-0.3, -0.25) is 0 Å². The van der Waals surface area contributed by atoms with Crippen molar-refractivity contribution in [3.63, 3.8) is 0 Å². The normalized spacial score (nSPS) is 12.6. The predicted molar refractivity (Wildman–Crippen MR) is 63.0 cm³/mol. The number of alkyl halides is 3. The molecular formula is C11H14F3NO3S. The number of hydrogen-bond acceptors (Lipinski definition) is 3. The Hall–Kier alpha value is -1.12. The Balaban J connectivity index is 2.74. The van der Waals surface area contributed by atoms with E-state index in [0.29, 0.717) is 12.8 Å². The molecule has 1 rings (SSSR count). The van der Waals surface area contributed by atoms with E-state index in [4.69, 9.17) is 5.11 Å². The monoisotopic (exact) mass is 297 g/mol. The molecule has 19 heavy (non-hydrogen) atoms. The molecule has 0 aliphatic heterocycles. The highest BCUT2D eigenvalue weighted by Gasteiger charge is 2.30. The molecule has 0 amide bonds. The quantitative estimate of drug-likeness (QED) is 0.786. The Kier molecular flexibility index (Phi) is 5.33. The van der Waals surface area contributed by atoms with E-state index in [2.05, 4.69) is 4.72 Å². The lowest BCUT2D eigenvalue weighted by molar-refractivity contribution is -0.137. The predicted octanol–water partition coefficient (Wildman–Crippen LogP) is 1.76. The van der Waals surface area contributed by atoms with Crippen molar-refractivity contribution in [2.24, 2.45) is 0 Å². The van der Waals surface area contributed by atoms with Gasteiger partial charge in [-0.1, -0.05) is 0 Å². The number of sulfonamides is 1. The van der Waals surface area contributed by atoms with Crippen molar-refractivity contribution >= 4 is 10.0 Å². The summed E-state index contributed by atoms with van der Waals surface area (Å²) in [6.07, 6.45) is -3.58. The number of nitrogens with one attached hydrogen (secondary N) is 1. The van der Waals surface area contributed by atoms with Crippen LogP contribution in [0.4, 0.5) is 13.2 Å². The van der Waals surface area contributed by atoms with E-state index in [1.165, 1.54) is 0 Å². The summed E-state index contributed by atoms with van der Waals surface area (Å²) in [6.45, 7) is 0.0892. The van der Waals surface area contributed by atoms with Gasteiger partial charge in [0.2, 0.25) is 10.0 Å². The van der Waals surface area contributed by atoms with Gasteiger partial charge in [0.15, 0.2) is 0 Å². The first-order chi connectivity index (χ1) is 8.77. The van der Waals surface area contributed by atoms with Crippen molar-refractivity contribution in [2.45, 2.75) is 23.9 Å². The molecule has 1 aromatic carbocycles. The topological polar surface area (TPSA) is 66.4 Å². The maximum atomic E-state index is 12.3. The smallest absolute Gasteiger partial charge is 0.396 e. The third kappa shape index (κ3) is 4.81. The third-order valence-corrected chi connectivity index (χ3v) is 3.85. The molecule has 0 saturated carbocycles. The van der Waals surface area contributed by atoms with Crippen LogP contribution in [0, 0.1) is 0 Å². The zero-order chi connectivity index (χ0) is 14.5. The molecule has 1 aromatic rings. The molecule has 2 N–H and O–H groups in total. The van der Waals surface area contributed by atoms with Gasteiger partial charge in [0.25, 0.3) is 0 Å². The fraction of sp³-hybridized carbons (Fsp3) is 0.455. The maximum absolute atomic E-state index is 12.3. The highest BCUT2D eigenvalue weighted by atomic mass is 32.2. The molecule has 0 fully saturated rings. The minimum Gasteiger partial charge on any atom is -0.396 e. The molecular weight excluding hydrogens is 283 g/mol. The molecule has 8 heteroatoms. The van der Waals surface area contributed by atoms with Crippen LogP contribution in [0.25, 0.3) is 0 Å². The summed E-state index contributed by atoms with van der Waals surface area (Å²) in [6, 6.07) is 3.28. The van der Waals surface area contributed by atoms with E-state index in [1.807, 2.05) is 0 Å². The molecule has 0 bridgehead atoms. The third-order valence-electron chi connectivity index (χ3n) is 2.37. The lowest BCUT2D eigenvalue weighted by atomic mass is 10.2. The summed E-state index contributed by atoms with van der Waals surface area (Å²) < 4.78 is 62.6. The fourth-order valence-corrected chi connectivity index (χ4v) is 2.42. The van der Waals surface area contributed by atoms with Crippen molar-refractivity contribution in [3.05, 3.63) is 29.8 Å². The van der Waals surface area contributed by atoms with Crippen molar-refractivity contribution in [1.82, 2.24) is 4.72 Å². The highest BCUT2D eigenvalue weighted by molar-refractivity contribution is 7.89. The Morgan fingerprint density at radius 3 is 2.16 bits per heavy atom. The van der Waals surface area contributed by atoms with Gasteiger partial charge in [-0.15, -0.1) is 0 Å². The van der Waals surface area contributed by atoms with Crippen LogP contribution in [0.2, 0.25) is 0 Å². The first-order valence-corrected chi connectivity index (χ1v) is 7.03. The summed E-state index contributed by atoms with van der Waals surface area (Å²) in [5.74, 6) is 0. The fourth-order valence-electron chi connectivity index (χ4n) is 1.35. The van der Waals surface area contributed by atoms with E-state index in [9.17, 15) is 21.6 Å². The molecule has 0 saturated heterocycles. The molecule has 0 atom stereocenters. The molecule has 0 aliphatic carbocycles. The van der Waals surface area contributed by atoms with Crippen molar-refractivity contribution in [2.75, 3.05) is 13.2 Å². The first kappa shape index (κ1) is 15.9. The molecule has 0 unspecified atom stereocenters. The van der Waals surface area contributed by atoms with Crippen molar-refractivity contribution < 1.29 is 26.7 Å². The average Bonchev–Trinajstić information content (AvgIpc) is 2.34. The number of hydrogen-bond donors (Lipinski definition) is 2. The van der Waals surface area contributed by atoms with Crippen molar-refractivity contribution in [1.29, 1.82) is 0 Å². The lowest BCUT2D eigenvalue weighted by Gasteiger charge is -2.09. The number of halogens is 3. The molecule has 0 heterocycles. The van der Waals surface area contributed by atoms with Crippen LogP contribution in [-0.4, -0.2) is 26.7 Å². The lowest BCUT2D eigenvalue weighted by Crippen LogP contribution is -2.25. The van der Waals surface area contributed by atoms with Crippen LogP contribution in [0.5, 0.6) is 0 Å². The van der Waals surface area contributed by atoms with Gasteiger partial charge in [-0.2, -0.15) is 13.2 Å². The summed E-state index contributed by atoms with van der Waals surface area (Å²) in [5.41, 5.74) is -0.897. The molecule has 0 spiro atoms. The summed E-state index contributed by atoms with van der Waals surface area (Å²) >= 11 is 0. The van der Waals surface area contributed by atoms with E-state index in [0.717, 1.165) is 24.3 Å². The highest BCUT2D eigenvalue weighted by Crippen LogP contribution is 2.29. The van der Waals surface area contributed by atoms with Crippen LogP contribution >= 0.6 is 0 Å². The van der Waals surface area contributed by atoms with Gasteiger partial charge in [0.05, 0.1) is 10.5 Å². The first-order valence-electron chi connectivity index (χ1n) is 5.55. The van der Waals surface area contributed by atoms with E-state index in [1.54, 1.807) is 0 Å². The maximum Gasteiger partial charge on any atom is 0.416 e. The Labute approximate surface area is 109 Å². The SMILES string of the molecule is O=S(=O)(NCCCCO)c1ccc(C(F)(F)F)cc1. The van der Waals surface area contributed by atoms with Gasteiger partial charge in [0.1, 0.15) is 0 Å². The molecule has 0 aromatic heterocycles. The van der Waals surface area contributed by atoms with Crippen LogP contribution < -0.4 is 4.72 Å². The van der Waals surface area contributed by atoms with Gasteiger partial charge >= 0.3 is 6.18 Å². The van der Waals surface area contributed by atoms with Gasteiger partial charge in [-0.05, 0) is 37.1 Å². The zero-order valence-electron chi connectivity index (χ0n) is 9.94.